The van der Waals surface area contributed by atoms with Crippen LogP contribution >= 0.6 is 0 Å². The fraction of sp³-hybridized carbons (Fsp3) is 0.682. The number of likely N-dealkylation sites (tertiary alicyclic amines) is 1. The third-order valence-corrected chi connectivity index (χ3v) is 8.23. The molecule has 0 spiro atoms. The van der Waals surface area contributed by atoms with Crippen LogP contribution in [0.2, 0.25) is 0 Å². The van der Waals surface area contributed by atoms with Crippen molar-refractivity contribution in [1.29, 1.82) is 0 Å². The van der Waals surface area contributed by atoms with E-state index in [0.717, 1.165) is 19.4 Å². The third kappa shape index (κ3) is 5.51. The maximum atomic E-state index is 13.1. The minimum Gasteiger partial charge on any atom is -0.490 e. The Morgan fingerprint density at radius 1 is 1.00 bits per heavy atom. The summed E-state index contributed by atoms with van der Waals surface area (Å²) in [7, 11) is -3.63. The molecule has 1 aromatic carbocycles. The van der Waals surface area contributed by atoms with E-state index in [0.29, 0.717) is 57.2 Å². The first-order chi connectivity index (χ1) is 15.0. The number of piperidine rings is 1. The van der Waals surface area contributed by atoms with Crippen molar-refractivity contribution in [2.75, 3.05) is 52.5 Å². The highest BCUT2D eigenvalue weighted by atomic mass is 32.2. The number of fused-ring (bicyclic) bond motifs is 1. The van der Waals surface area contributed by atoms with E-state index in [1.165, 1.54) is 30.2 Å². The van der Waals surface area contributed by atoms with Gasteiger partial charge in [0.1, 0.15) is 0 Å². The van der Waals surface area contributed by atoms with Crippen molar-refractivity contribution in [2.24, 2.45) is 5.92 Å². The van der Waals surface area contributed by atoms with Gasteiger partial charge in [-0.2, -0.15) is 4.31 Å². The molecule has 0 aromatic heterocycles. The number of benzene rings is 1. The van der Waals surface area contributed by atoms with Gasteiger partial charge in [-0.15, -0.1) is 0 Å². The SMILES string of the molecule is O=C(NCCCN1CCCC1)C1CCN(S(=O)(=O)c2ccc3c(c2)OCCCO3)CC1. The number of hydrogen-bond donors (Lipinski definition) is 1. The van der Waals surface area contributed by atoms with Crippen molar-refractivity contribution in [3.05, 3.63) is 18.2 Å². The first-order valence-electron chi connectivity index (χ1n) is 11.4. The Bertz CT molecular complexity index is 862. The number of rotatable bonds is 7. The highest BCUT2D eigenvalue weighted by molar-refractivity contribution is 7.89. The van der Waals surface area contributed by atoms with Crippen LogP contribution in [0.3, 0.4) is 0 Å². The molecule has 4 rings (SSSR count). The summed E-state index contributed by atoms with van der Waals surface area (Å²) >= 11 is 0. The van der Waals surface area contributed by atoms with Gasteiger partial charge < -0.3 is 19.7 Å². The number of carbonyl (C=O) groups excluding carboxylic acids is 1. The van der Waals surface area contributed by atoms with E-state index < -0.39 is 10.0 Å². The Balaban J connectivity index is 1.26. The minimum absolute atomic E-state index is 0.0500. The summed E-state index contributed by atoms with van der Waals surface area (Å²) in [5.74, 6) is 0.981. The molecule has 0 bridgehead atoms. The monoisotopic (exact) mass is 451 g/mol. The molecule has 0 unspecified atom stereocenters. The van der Waals surface area contributed by atoms with Gasteiger partial charge in [-0.1, -0.05) is 0 Å². The zero-order valence-corrected chi connectivity index (χ0v) is 18.9. The lowest BCUT2D eigenvalue weighted by Gasteiger charge is -2.30. The zero-order valence-electron chi connectivity index (χ0n) is 18.1. The fourth-order valence-corrected chi connectivity index (χ4v) is 5.96. The van der Waals surface area contributed by atoms with Crippen LogP contribution < -0.4 is 14.8 Å². The second-order valence-corrected chi connectivity index (χ2v) is 10.5. The normalized spacial score (nSPS) is 21.0. The van der Waals surface area contributed by atoms with Gasteiger partial charge in [-0.3, -0.25) is 4.79 Å². The van der Waals surface area contributed by atoms with Crippen LogP contribution in [-0.4, -0.2) is 76.0 Å². The molecular formula is C22H33N3O5S. The Morgan fingerprint density at radius 3 is 2.45 bits per heavy atom. The second kappa shape index (κ2) is 10.2. The predicted octanol–water partition coefficient (Wildman–Crippen LogP) is 1.85. The van der Waals surface area contributed by atoms with Gasteiger partial charge in [-0.05, 0) is 63.9 Å². The van der Waals surface area contributed by atoms with Gasteiger partial charge in [0, 0.05) is 38.0 Å². The van der Waals surface area contributed by atoms with Crippen molar-refractivity contribution >= 4 is 15.9 Å². The Kier molecular flexibility index (Phi) is 7.35. The molecule has 31 heavy (non-hydrogen) atoms. The summed E-state index contributed by atoms with van der Waals surface area (Å²) in [6.07, 6.45) is 5.37. The number of sulfonamides is 1. The van der Waals surface area contributed by atoms with Gasteiger partial charge >= 0.3 is 0 Å². The highest BCUT2D eigenvalue weighted by Gasteiger charge is 2.32. The molecule has 0 atom stereocenters. The van der Waals surface area contributed by atoms with Crippen LogP contribution in [0.1, 0.15) is 38.5 Å². The van der Waals surface area contributed by atoms with Gasteiger partial charge in [0.25, 0.3) is 0 Å². The molecule has 1 N–H and O–H groups in total. The Hall–Kier alpha value is -1.84. The average Bonchev–Trinajstić information content (AvgIpc) is 3.19. The minimum atomic E-state index is -3.63. The lowest BCUT2D eigenvalue weighted by molar-refractivity contribution is -0.126. The standard InChI is InChI=1S/C22H33N3O5S/c26-22(23-9-3-12-24-10-1-2-11-24)18-7-13-25(14-8-18)31(27,28)19-5-6-20-21(17-19)30-16-4-15-29-20/h5-6,17-18H,1-4,7-16H2,(H,23,26). The number of nitrogens with one attached hydrogen (secondary N) is 1. The Morgan fingerprint density at radius 2 is 1.71 bits per heavy atom. The van der Waals surface area contributed by atoms with Crippen LogP contribution in [-0.2, 0) is 14.8 Å². The smallest absolute Gasteiger partial charge is 0.243 e. The first-order valence-corrected chi connectivity index (χ1v) is 12.9. The fourth-order valence-electron chi connectivity index (χ4n) is 4.48. The van der Waals surface area contributed by atoms with Crippen molar-refractivity contribution in [1.82, 2.24) is 14.5 Å². The molecule has 0 saturated carbocycles. The molecule has 9 heteroatoms. The Labute approximate surface area is 184 Å². The van der Waals surface area contributed by atoms with E-state index in [2.05, 4.69) is 10.2 Å². The summed E-state index contributed by atoms with van der Waals surface area (Å²) in [6, 6.07) is 4.78. The largest absolute Gasteiger partial charge is 0.490 e. The van der Waals surface area contributed by atoms with Gasteiger partial charge in [0.2, 0.25) is 15.9 Å². The highest BCUT2D eigenvalue weighted by Crippen LogP contribution is 2.33. The lowest BCUT2D eigenvalue weighted by Crippen LogP contribution is -2.43. The van der Waals surface area contributed by atoms with E-state index in [9.17, 15) is 13.2 Å². The van der Waals surface area contributed by atoms with Crippen molar-refractivity contribution in [3.8, 4) is 11.5 Å². The van der Waals surface area contributed by atoms with Crippen LogP contribution in [0.5, 0.6) is 11.5 Å². The summed E-state index contributed by atoms with van der Waals surface area (Å²) in [5, 5.41) is 3.04. The maximum Gasteiger partial charge on any atom is 0.243 e. The molecule has 1 aromatic rings. The molecule has 0 aliphatic carbocycles. The van der Waals surface area contributed by atoms with E-state index >= 15 is 0 Å². The van der Waals surface area contributed by atoms with E-state index in [-0.39, 0.29) is 16.7 Å². The van der Waals surface area contributed by atoms with Crippen molar-refractivity contribution < 1.29 is 22.7 Å². The van der Waals surface area contributed by atoms with Crippen LogP contribution in [0.4, 0.5) is 0 Å². The summed E-state index contributed by atoms with van der Waals surface area (Å²) in [6.45, 7) is 5.83. The molecular weight excluding hydrogens is 418 g/mol. The number of amides is 1. The predicted molar refractivity (Wildman–Crippen MR) is 117 cm³/mol. The number of carbonyl (C=O) groups is 1. The first kappa shape index (κ1) is 22.4. The molecule has 2 fully saturated rings. The number of ether oxygens (including phenoxy) is 2. The maximum absolute atomic E-state index is 13.1. The molecule has 3 heterocycles. The van der Waals surface area contributed by atoms with Gasteiger partial charge in [-0.25, -0.2) is 8.42 Å². The summed E-state index contributed by atoms with van der Waals surface area (Å²) in [4.78, 5) is 15.1. The molecule has 3 aliphatic rings. The van der Waals surface area contributed by atoms with Crippen LogP contribution in [0.25, 0.3) is 0 Å². The van der Waals surface area contributed by atoms with Crippen molar-refractivity contribution in [2.45, 2.75) is 43.4 Å². The molecule has 172 valence electrons. The van der Waals surface area contributed by atoms with Gasteiger partial charge in [0.15, 0.2) is 11.5 Å². The third-order valence-electron chi connectivity index (χ3n) is 6.33. The van der Waals surface area contributed by atoms with Crippen LogP contribution in [0.15, 0.2) is 23.1 Å². The molecule has 3 aliphatic heterocycles. The molecule has 1 amide bonds. The lowest BCUT2D eigenvalue weighted by atomic mass is 9.97. The average molecular weight is 452 g/mol. The zero-order chi connectivity index (χ0) is 21.7. The van der Waals surface area contributed by atoms with Crippen LogP contribution in [0, 0.1) is 5.92 Å². The van der Waals surface area contributed by atoms with E-state index in [4.69, 9.17) is 9.47 Å². The molecule has 2 saturated heterocycles. The van der Waals surface area contributed by atoms with Gasteiger partial charge in [0.05, 0.1) is 18.1 Å². The second-order valence-electron chi connectivity index (χ2n) is 8.53. The van der Waals surface area contributed by atoms with Crippen molar-refractivity contribution in [3.63, 3.8) is 0 Å². The molecule has 8 nitrogen and oxygen atoms in total. The van der Waals surface area contributed by atoms with E-state index in [1.54, 1.807) is 18.2 Å². The summed E-state index contributed by atoms with van der Waals surface area (Å²) < 4.78 is 38.9. The topological polar surface area (TPSA) is 88.2 Å². The number of hydrogen-bond acceptors (Lipinski definition) is 6. The summed E-state index contributed by atoms with van der Waals surface area (Å²) in [5.41, 5.74) is 0. The van der Waals surface area contributed by atoms with E-state index in [1.807, 2.05) is 0 Å². The molecule has 0 radical (unpaired) electrons. The number of nitrogens with zero attached hydrogens (tertiary/aromatic N) is 2. The quantitative estimate of drug-likeness (QED) is 0.637.